The second-order valence-corrected chi connectivity index (χ2v) is 6.83. The van der Waals surface area contributed by atoms with Crippen molar-refractivity contribution in [1.29, 1.82) is 5.41 Å². The second kappa shape index (κ2) is 7.74. The summed E-state index contributed by atoms with van der Waals surface area (Å²) in [5.74, 6) is -0.636. The molecular formula is C20H20FN3OS. The number of nitrogens with one attached hydrogen (secondary N) is 1. The number of amidine groups is 1. The lowest BCUT2D eigenvalue weighted by Crippen LogP contribution is -2.28. The van der Waals surface area contributed by atoms with Crippen molar-refractivity contribution in [3.05, 3.63) is 64.8 Å². The summed E-state index contributed by atoms with van der Waals surface area (Å²) in [5, 5.41) is 8.21. The van der Waals surface area contributed by atoms with E-state index in [4.69, 9.17) is 5.41 Å². The van der Waals surface area contributed by atoms with E-state index in [9.17, 15) is 9.18 Å². The third kappa shape index (κ3) is 3.65. The van der Waals surface area contributed by atoms with Crippen LogP contribution in [0.4, 0.5) is 15.8 Å². The number of anilines is 2. The van der Waals surface area contributed by atoms with E-state index in [1.165, 1.54) is 29.2 Å². The molecule has 26 heavy (non-hydrogen) atoms. The van der Waals surface area contributed by atoms with Crippen molar-refractivity contribution in [2.45, 2.75) is 13.8 Å². The molecule has 3 rings (SSSR count). The molecule has 0 atom stereocenters. The maximum atomic E-state index is 13.1. The van der Waals surface area contributed by atoms with Crippen molar-refractivity contribution in [3.8, 4) is 0 Å². The molecule has 1 amide bonds. The van der Waals surface area contributed by atoms with Gasteiger partial charge < -0.3 is 4.90 Å². The zero-order valence-electron chi connectivity index (χ0n) is 14.7. The lowest BCUT2D eigenvalue weighted by atomic mass is 10.1. The first kappa shape index (κ1) is 18.2. The van der Waals surface area contributed by atoms with Gasteiger partial charge in [0.15, 0.2) is 5.17 Å². The first-order chi connectivity index (χ1) is 12.5. The highest BCUT2D eigenvalue weighted by atomic mass is 32.2. The molecule has 1 saturated heterocycles. The quantitative estimate of drug-likeness (QED) is 0.775. The van der Waals surface area contributed by atoms with Gasteiger partial charge in [-0.2, -0.15) is 0 Å². The Kier molecular flexibility index (Phi) is 5.42. The normalized spacial score (nSPS) is 15.8. The van der Waals surface area contributed by atoms with Crippen LogP contribution in [0.1, 0.15) is 19.4 Å². The van der Waals surface area contributed by atoms with Gasteiger partial charge in [-0.25, -0.2) is 4.39 Å². The highest BCUT2D eigenvalue weighted by Crippen LogP contribution is 2.35. The molecule has 1 aliphatic rings. The van der Waals surface area contributed by atoms with Crippen molar-refractivity contribution in [3.63, 3.8) is 0 Å². The molecule has 1 aliphatic heterocycles. The average molecular weight is 369 g/mol. The molecule has 134 valence electrons. The van der Waals surface area contributed by atoms with E-state index in [1.807, 2.05) is 24.3 Å². The summed E-state index contributed by atoms with van der Waals surface area (Å²) in [4.78, 5) is 16.7. The van der Waals surface area contributed by atoms with Crippen LogP contribution in [0.2, 0.25) is 0 Å². The van der Waals surface area contributed by atoms with Gasteiger partial charge in [-0.1, -0.05) is 12.1 Å². The lowest BCUT2D eigenvalue weighted by molar-refractivity contribution is -0.113. The Morgan fingerprint density at radius 1 is 1.08 bits per heavy atom. The highest BCUT2D eigenvalue weighted by molar-refractivity contribution is 8.19. The lowest BCUT2D eigenvalue weighted by Gasteiger charge is -2.20. The number of nitrogens with zero attached hydrogens (tertiary/aromatic N) is 2. The number of carbonyl (C=O) groups is 1. The Morgan fingerprint density at radius 3 is 2.27 bits per heavy atom. The fourth-order valence-corrected chi connectivity index (χ4v) is 3.69. The van der Waals surface area contributed by atoms with E-state index < -0.39 is 0 Å². The van der Waals surface area contributed by atoms with E-state index in [-0.39, 0.29) is 16.9 Å². The Balaban J connectivity index is 1.82. The molecule has 1 N–H and O–H groups in total. The Labute approximate surface area is 156 Å². The SMILES string of the molecule is CCN(CC)c1ccc(/C=C2\SC(=N)N(c3ccc(F)cc3)C2=O)cc1. The van der Waals surface area contributed by atoms with Crippen molar-refractivity contribution in [2.75, 3.05) is 22.9 Å². The van der Waals surface area contributed by atoms with Crippen LogP contribution in [-0.2, 0) is 4.79 Å². The summed E-state index contributed by atoms with van der Waals surface area (Å²) in [7, 11) is 0. The first-order valence-corrected chi connectivity index (χ1v) is 9.28. The molecule has 6 heteroatoms. The predicted octanol–water partition coefficient (Wildman–Crippen LogP) is 4.73. The minimum absolute atomic E-state index is 0.118. The molecule has 2 aromatic rings. The summed E-state index contributed by atoms with van der Waals surface area (Å²) >= 11 is 1.11. The summed E-state index contributed by atoms with van der Waals surface area (Å²) in [6.45, 7) is 6.11. The van der Waals surface area contributed by atoms with E-state index in [0.29, 0.717) is 10.6 Å². The van der Waals surface area contributed by atoms with Gasteiger partial charge in [0.25, 0.3) is 5.91 Å². The minimum Gasteiger partial charge on any atom is -0.372 e. The monoisotopic (exact) mass is 369 g/mol. The molecule has 2 aromatic carbocycles. The predicted molar refractivity (Wildman–Crippen MR) is 107 cm³/mol. The fourth-order valence-electron chi connectivity index (χ4n) is 2.83. The average Bonchev–Trinajstić information content (AvgIpc) is 2.92. The van der Waals surface area contributed by atoms with Crippen LogP contribution in [0, 0.1) is 11.2 Å². The molecule has 0 aliphatic carbocycles. The van der Waals surface area contributed by atoms with Crippen molar-refractivity contribution < 1.29 is 9.18 Å². The topological polar surface area (TPSA) is 47.4 Å². The number of amides is 1. The third-order valence-electron chi connectivity index (χ3n) is 4.23. The zero-order chi connectivity index (χ0) is 18.7. The van der Waals surface area contributed by atoms with Gasteiger partial charge in [0.05, 0.1) is 10.6 Å². The summed E-state index contributed by atoms with van der Waals surface area (Å²) in [6, 6.07) is 13.6. The number of carbonyl (C=O) groups excluding carboxylic acids is 1. The van der Waals surface area contributed by atoms with Crippen LogP contribution in [0.3, 0.4) is 0 Å². The molecule has 4 nitrogen and oxygen atoms in total. The number of benzene rings is 2. The van der Waals surface area contributed by atoms with Gasteiger partial charge >= 0.3 is 0 Å². The number of hydrogen-bond donors (Lipinski definition) is 1. The molecule has 0 radical (unpaired) electrons. The molecule has 0 spiro atoms. The number of rotatable bonds is 5. The van der Waals surface area contributed by atoms with Gasteiger partial charge in [0, 0.05) is 18.8 Å². The molecule has 0 bridgehead atoms. The molecule has 0 saturated carbocycles. The van der Waals surface area contributed by atoms with Crippen LogP contribution in [-0.4, -0.2) is 24.2 Å². The summed E-state index contributed by atoms with van der Waals surface area (Å²) in [6.07, 6.45) is 1.79. The van der Waals surface area contributed by atoms with Crippen molar-refractivity contribution in [2.24, 2.45) is 0 Å². The summed E-state index contributed by atoms with van der Waals surface area (Å²) < 4.78 is 13.1. The number of halogens is 1. The second-order valence-electron chi connectivity index (χ2n) is 5.80. The molecular weight excluding hydrogens is 349 g/mol. The van der Waals surface area contributed by atoms with E-state index in [2.05, 4.69) is 18.7 Å². The molecule has 1 heterocycles. The molecule has 1 fully saturated rings. The number of hydrogen-bond acceptors (Lipinski definition) is 4. The fraction of sp³-hybridized carbons (Fsp3) is 0.200. The summed E-state index contributed by atoms with van der Waals surface area (Å²) in [5.41, 5.74) is 2.54. The first-order valence-electron chi connectivity index (χ1n) is 8.46. The van der Waals surface area contributed by atoms with Gasteiger partial charge in [-0.3, -0.25) is 15.1 Å². The van der Waals surface area contributed by atoms with Crippen LogP contribution in [0.15, 0.2) is 53.4 Å². The van der Waals surface area contributed by atoms with Gasteiger partial charge in [0.1, 0.15) is 5.82 Å². The molecule has 0 unspecified atom stereocenters. The van der Waals surface area contributed by atoms with Crippen molar-refractivity contribution in [1.82, 2.24) is 0 Å². The standard InChI is InChI=1S/C20H20FN3OS/c1-3-23(4-2)16-9-5-14(6-10-16)13-18-19(25)24(20(22)26-18)17-11-7-15(21)8-12-17/h5-13,22H,3-4H2,1-2H3/b18-13-,22-20?. The van der Waals surface area contributed by atoms with E-state index in [1.54, 1.807) is 6.08 Å². The van der Waals surface area contributed by atoms with Crippen LogP contribution in [0.25, 0.3) is 6.08 Å². The minimum atomic E-state index is -0.372. The highest BCUT2D eigenvalue weighted by Gasteiger charge is 2.33. The van der Waals surface area contributed by atoms with Crippen LogP contribution in [0.5, 0.6) is 0 Å². The maximum Gasteiger partial charge on any atom is 0.271 e. The van der Waals surface area contributed by atoms with Gasteiger partial charge in [-0.15, -0.1) is 0 Å². The zero-order valence-corrected chi connectivity index (χ0v) is 15.5. The Bertz CT molecular complexity index is 842. The number of thioether (sulfide) groups is 1. The Hall–Kier alpha value is -2.60. The van der Waals surface area contributed by atoms with E-state index in [0.717, 1.165) is 36.1 Å². The van der Waals surface area contributed by atoms with Gasteiger partial charge in [0.2, 0.25) is 0 Å². The molecule has 0 aromatic heterocycles. The smallest absolute Gasteiger partial charge is 0.271 e. The van der Waals surface area contributed by atoms with Gasteiger partial charge in [-0.05, 0) is 73.6 Å². The maximum absolute atomic E-state index is 13.1. The van der Waals surface area contributed by atoms with Crippen LogP contribution >= 0.6 is 11.8 Å². The Morgan fingerprint density at radius 2 is 1.69 bits per heavy atom. The van der Waals surface area contributed by atoms with Crippen molar-refractivity contribution >= 4 is 40.3 Å². The van der Waals surface area contributed by atoms with Crippen LogP contribution < -0.4 is 9.80 Å². The third-order valence-corrected chi connectivity index (χ3v) is 5.12. The largest absolute Gasteiger partial charge is 0.372 e. The van der Waals surface area contributed by atoms with E-state index >= 15 is 0 Å².